The zero-order chi connectivity index (χ0) is 17.4. The quantitative estimate of drug-likeness (QED) is 0.673. The van der Waals surface area contributed by atoms with Gasteiger partial charge < -0.3 is 16.4 Å². The van der Waals surface area contributed by atoms with Gasteiger partial charge in [-0.3, -0.25) is 4.98 Å². The van der Waals surface area contributed by atoms with Gasteiger partial charge in [-0.25, -0.2) is 4.98 Å². The third kappa shape index (κ3) is 3.10. The number of rotatable bonds is 4. The van der Waals surface area contributed by atoms with Crippen LogP contribution in [0.15, 0.2) is 30.6 Å². The van der Waals surface area contributed by atoms with Gasteiger partial charge in [-0.2, -0.15) is 5.10 Å². The van der Waals surface area contributed by atoms with Gasteiger partial charge in [-0.05, 0) is 29.7 Å². The van der Waals surface area contributed by atoms with Crippen LogP contribution >= 0.6 is 0 Å². The van der Waals surface area contributed by atoms with Crippen LogP contribution in [0.25, 0.3) is 11.0 Å². The normalized spacial score (nSPS) is 14.7. The van der Waals surface area contributed by atoms with Crippen LogP contribution in [0, 0.1) is 0 Å². The van der Waals surface area contributed by atoms with E-state index in [1.807, 2.05) is 12.1 Å². The SMILES string of the molecule is CC(C)c1cnnc(Nc2nc3cc(N)cnc3cc2C2CNC2)c1. The first-order chi connectivity index (χ1) is 12.1. The molecule has 4 N–H and O–H groups in total. The zero-order valence-corrected chi connectivity index (χ0v) is 14.3. The maximum absolute atomic E-state index is 5.86. The highest BCUT2D eigenvalue weighted by Crippen LogP contribution is 2.31. The minimum atomic E-state index is 0.389. The number of nitrogens with two attached hydrogens (primary N) is 1. The van der Waals surface area contributed by atoms with Crippen molar-refractivity contribution in [3.8, 4) is 0 Å². The molecule has 0 aromatic carbocycles. The average Bonchev–Trinajstić information content (AvgIpc) is 2.54. The summed E-state index contributed by atoms with van der Waals surface area (Å²) in [6, 6.07) is 5.95. The van der Waals surface area contributed by atoms with E-state index in [1.54, 1.807) is 12.4 Å². The summed E-state index contributed by atoms with van der Waals surface area (Å²) in [6.07, 6.45) is 3.46. The first-order valence-corrected chi connectivity index (χ1v) is 8.46. The molecule has 0 aliphatic carbocycles. The van der Waals surface area contributed by atoms with E-state index in [-0.39, 0.29) is 0 Å². The van der Waals surface area contributed by atoms with Crippen LogP contribution in [-0.4, -0.2) is 33.3 Å². The fourth-order valence-corrected chi connectivity index (χ4v) is 2.88. The van der Waals surface area contributed by atoms with E-state index < -0.39 is 0 Å². The van der Waals surface area contributed by atoms with Crippen molar-refractivity contribution in [2.45, 2.75) is 25.7 Å². The molecule has 0 amide bonds. The Kier molecular flexibility index (Phi) is 3.93. The Morgan fingerprint density at radius 3 is 2.72 bits per heavy atom. The predicted octanol–water partition coefficient (Wildman–Crippen LogP) is 2.56. The van der Waals surface area contributed by atoms with Gasteiger partial charge in [-0.1, -0.05) is 13.8 Å². The maximum atomic E-state index is 5.86. The molecule has 1 fully saturated rings. The summed E-state index contributed by atoms with van der Waals surface area (Å²) >= 11 is 0. The summed E-state index contributed by atoms with van der Waals surface area (Å²) < 4.78 is 0. The first kappa shape index (κ1) is 15.7. The van der Waals surface area contributed by atoms with E-state index in [4.69, 9.17) is 10.7 Å². The third-order valence-electron chi connectivity index (χ3n) is 4.53. The second-order valence-corrected chi connectivity index (χ2v) is 6.74. The Morgan fingerprint density at radius 1 is 1.16 bits per heavy atom. The predicted molar refractivity (Wildman–Crippen MR) is 99.0 cm³/mol. The summed E-state index contributed by atoms with van der Waals surface area (Å²) in [5.74, 6) is 2.30. The molecule has 128 valence electrons. The Morgan fingerprint density at radius 2 is 2.00 bits per heavy atom. The molecule has 3 aromatic heterocycles. The Bertz CT molecular complexity index is 918. The standard InChI is InChI=1S/C18H21N7/c1-10(2)11-3-17(25-22-8-11)24-18-14(12-6-20-7-12)5-15-16(23-18)4-13(19)9-21-15/h3-5,8-10,12,20H,6-7,19H2,1-2H3,(H,23,24,25). The van der Waals surface area contributed by atoms with Gasteiger partial charge in [0.2, 0.25) is 0 Å². The molecule has 7 nitrogen and oxygen atoms in total. The highest BCUT2D eigenvalue weighted by Gasteiger charge is 2.24. The number of fused-ring (bicyclic) bond motifs is 1. The lowest BCUT2D eigenvalue weighted by atomic mass is 9.93. The van der Waals surface area contributed by atoms with Gasteiger partial charge in [0, 0.05) is 24.6 Å². The number of nitrogens with zero attached hydrogens (tertiary/aromatic N) is 4. The molecule has 3 aromatic rings. The van der Waals surface area contributed by atoms with E-state index in [0.29, 0.717) is 23.3 Å². The number of nitrogen functional groups attached to an aromatic ring is 1. The molecule has 0 saturated carbocycles. The minimum absolute atomic E-state index is 0.389. The molecule has 1 aliphatic heterocycles. The number of hydrogen-bond acceptors (Lipinski definition) is 7. The van der Waals surface area contributed by atoms with E-state index in [1.165, 1.54) is 0 Å². The smallest absolute Gasteiger partial charge is 0.154 e. The van der Waals surface area contributed by atoms with E-state index in [2.05, 4.69) is 45.7 Å². The molecule has 0 radical (unpaired) electrons. The highest BCUT2D eigenvalue weighted by molar-refractivity contribution is 5.81. The van der Waals surface area contributed by atoms with Crippen molar-refractivity contribution in [1.29, 1.82) is 0 Å². The van der Waals surface area contributed by atoms with Gasteiger partial charge >= 0.3 is 0 Å². The molecule has 1 aliphatic rings. The lowest BCUT2D eigenvalue weighted by Gasteiger charge is -2.29. The van der Waals surface area contributed by atoms with E-state index >= 15 is 0 Å². The molecule has 0 atom stereocenters. The van der Waals surface area contributed by atoms with Gasteiger partial charge in [0.05, 0.1) is 29.1 Å². The van der Waals surface area contributed by atoms with Crippen LogP contribution in [0.2, 0.25) is 0 Å². The lowest BCUT2D eigenvalue weighted by molar-refractivity contribution is 0.449. The molecule has 1 saturated heterocycles. The summed E-state index contributed by atoms with van der Waals surface area (Å²) in [7, 11) is 0. The van der Waals surface area contributed by atoms with Crippen molar-refractivity contribution in [3.05, 3.63) is 41.7 Å². The molecule has 25 heavy (non-hydrogen) atoms. The summed E-state index contributed by atoms with van der Waals surface area (Å²) in [6.45, 7) is 6.15. The Hall–Kier alpha value is -2.80. The second kappa shape index (κ2) is 6.25. The zero-order valence-electron chi connectivity index (χ0n) is 14.3. The molecule has 7 heteroatoms. The maximum Gasteiger partial charge on any atom is 0.154 e. The molecule has 0 spiro atoms. The molecular weight excluding hydrogens is 314 g/mol. The lowest BCUT2D eigenvalue weighted by Crippen LogP contribution is -2.40. The number of anilines is 3. The van der Waals surface area contributed by atoms with Gasteiger partial charge in [-0.15, -0.1) is 5.10 Å². The third-order valence-corrected chi connectivity index (χ3v) is 4.53. The number of hydrogen-bond donors (Lipinski definition) is 3. The van der Waals surface area contributed by atoms with Crippen LogP contribution in [0.3, 0.4) is 0 Å². The van der Waals surface area contributed by atoms with Gasteiger partial charge in [0.1, 0.15) is 5.82 Å². The summed E-state index contributed by atoms with van der Waals surface area (Å²) in [4.78, 5) is 9.16. The van der Waals surface area contributed by atoms with Crippen molar-refractivity contribution in [3.63, 3.8) is 0 Å². The van der Waals surface area contributed by atoms with Crippen molar-refractivity contribution in [2.75, 3.05) is 24.1 Å². The van der Waals surface area contributed by atoms with Crippen LogP contribution in [-0.2, 0) is 0 Å². The molecule has 4 rings (SSSR count). The van der Waals surface area contributed by atoms with Crippen molar-refractivity contribution in [1.82, 2.24) is 25.5 Å². The first-order valence-electron chi connectivity index (χ1n) is 8.46. The molecule has 0 bridgehead atoms. The van der Waals surface area contributed by atoms with Gasteiger partial charge in [0.15, 0.2) is 5.82 Å². The van der Waals surface area contributed by atoms with Crippen molar-refractivity contribution in [2.24, 2.45) is 0 Å². The van der Waals surface area contributed by atoms with Crippen molar-refractivity contribution >= 4 is 28.4 Å². The molecule has 4 heterocycles. The van der Waals surface area contributed by atoms with Crippen LogP contribution in [0.1, 0.15) is 36.8 Å². The monoisotopic (exact) mass is 335 g/mol. The number of pyridine rings is 2. The van der Waals surface area contributed by atoms with Crippen LogP contribution in [0.5, 0.6) is 0 Å². The average molecular weight is 335 g/mol. The van der Waals surface area contributed by atoms with E-state index in [9.17, 15) is 0 Å². The topological polar surface area (TPSA) is 102 Å². The van der Waals surface area contributed by atoms with Crippen LogP contribution in [0.4, 0.5) is 17.3 Å². The largest absolute Gasteiger partial charge is 0.397 e. The minimum Gasteiger partial charge on any atom is -0.397 e. The fraction of sp³-hybridized carbons (Fsp3) is 0.333. The van der Waals surface area contributed by atoms with Crippen LogP contribution < -0.4 is 16.4 Å². The number of aromatic nitrogens is 4. The fourth-order valence-electron chi connectivity index (χ4n) is 2.88. The molecule has 0 unspecified atom stereocenters. The molecular formula is C18H21N7. The second-order valence-electron chi connectivity index (χ2n) is 6.74. The summed E-state index contributed by atoms with van der Waals surface area (Å²) in [5, 5.41) is 15.0. The summed E-state index contributed by atoms with van der Waals surface area (Å²) in [5.41, 5.74) is 10.4. The van der Waals surface area contributed by atoms with Gasteiger partial charge in [0.25, 0.3) is 0 Å². The highest BCUT2D eigenvalue weighted by atomic mass is 15.2. The van der Waals surface area contributed by atoms with E-state index in [0.717, 1.165) is 41.1 Å². The number of nitrogens with one attached hydrogen (secondary N) is 2. The Labute approximate surface area is 146 Å². The van der Waals surface area contributed by atoms with Crippen molar-refractivity contribution < 1.29 is 0 Å². The Balaban J connectivity index is 1.77.